The fourth-order valence-electron chi connectivity index (χ4n) is 0.827. The molecule has 0 spiro atoms. The first kappa shape index (κ1) is 17.7. The number of rotatable bonds is 0. The third-order valence-electron chi connectivity index (χ3n) is 1.45. The van der Waals surface area contributed by atoms with E-state index in [0.29, 0.717) is 0 Å². The van der Waals surface area contributed by atoms with Gasteiger partial charge in [-0.3, -0.25) is 0 Å². The Morgan fingerprint density at radius 1 is 0.882 bits per heavy atom. The maximum absolute atomic E-state index is 7.50. The van der Waals surface area contributed by atoms with Gasteiger partial charge in [0.15, 0.2) is 0 Å². The summed E-state index contributed by atoms with van der Waals surface area (Å²) in [5, 5.41) is 0. The second-order valence-electron chi connectivity index (χ2n) is 2.43. The minimum Gasteiger partial charge on any atom is -0.214 e. The van der Waals surface area contributed by atoms with Crippen LogP contribution in [0.15, 0.2) is 60.7 Å². The van der Waals surface area contributed by atoms with Crippen LogP contribution in [0.5, 0.6) is 0 Å². The maximum atomic E-state index is 7.50. The quantitative estimate of drug-likeness (QED) is 0.517. The molecule has 2 rings (SSSR count). The number of hydrogen-bond acceptors (Lipinski definition) is 0. The summed E-state index contributed by atoms with van der Waals surface area (Å²) < 4.78 is 17.9. The summed E-state index contributed by atoms with van der Waals surface area (Å²) in [5.41, 5.74) is 1.10. The minimum atomic E-state index is 1.10. The largest absolute Gasteiger partial charge is 0.214 e. The molecule has 0 N–H and O–H groups in total. The van der Waals surface area contributed by atoms with Crippen LogP contribution in [0.3, 0.4) is 0 Å². The molecule has 0 bridgehead atoms. The minimum absolute atomic E-state index is 1.10. The van der Waals surface area contributed by atoms with Gasteiger partial charge < -0.3 is 0 Å². The molecule has 0 fully saturated rings. The van der Waals surface area contributed by atoms with E-state index in [0.717, 1.165) is 5.56 Å². The van der Waals surface area contributed by atoms with Crippen molar-refractivity contribution >= 4 is 0 Å². The van der Waals surface area contributed by atoms with Gasteiger partial charge >= 0.3 is 78.9 Å². The van der Waals surface area contributed by atoms with Gasteiger partial charge in [-0.25, -0.2) is 12.1 Å². The van der Waals surface area contributed by atoms with E-state index >= 15 is 0 Å². The van der Waals surface area contributed by atoms with Crippen molar-refractivity contribution in [2.75, 3.05) is 0 Å². The molecule has 2 aromatic rings. The van der Waals surface area contributed by atoms with Crippen LogP contribution < -0.4 is 0 Å². The van der Waals surface area contributed by atoms with Crippen LogP contribution in [0.2, 0.25) is 0 Å². The average Bonchev–Trinajstić information content (AvgIpc) is 3.03. The van der Waals surface area contributed by atoms with Crippen LogP contribution in [0.4, 0.5) is 0 Å². The first-order valence-electron chi connectivity index (χ1n) is 4.44. The van der Waals surface area contributed by atoms with E-state index in [1.807, 2.05) is 60.7 Å². The van der Waals surface area contributed by atoms with Crippen molar-refractivity contribution in [3.63, 3.8) is 0 Å². The van der Waals surface area contributed by atoms with E-state index in [2.05, 4.69) is 33.7 Å². The zero-order chi connectivity index (χ0) is 13.4. The number of hydrogen-bond donors (Lipinski definition) is 0. The molecule has 17 heavy (non-hydrogen) atoms. The zero-order valence-electron chi connectivity index (χ0n) is 9.00. The smallest absolute Gasteiger partial charge is 0.172 e. The first-order valence-corrected chi connectivity index (χ1v) is 5.08. The molecule has 2 aromatic carbocycles. The summed E-state index contributed by atoms with van der Waals surface area (Å²) in [6.07, 6.45) is 0. The Bertz CT molecular complexity index is 398. The van der Waals surface area contributed by atoms with Gasteiger partial charge in [0.2, 0.25) is 0 Å². The third-order valence-corrected chi connectivity index (χ3v) is 1.82. The Morgan fingerprint density at radius 3 is 1.59 bits per heavy atom. The Kier molecular flexibility index (Phi) is 17.5. The summed E-state index contributed by atoms with van der Waals surface area (Å²) in [6.45, 7) is 9.00. The van der Waals surface area contributed by atoms with Gasteiger partial charge in [0.1, 0.15) is 0 Å². The Labute approximate surface area is 109 Å². The van der Waals surface area contributed by atoms with E-state index in [9.17, 15) is 0 Å². The summed E-state index contributed by atoms with van der Waals surface area (Å²) in [6, 6.07) is 20.0. The Hall–Kier alpha value is -1.64. The standard InChI is InChI=1S/C7H5.C5H5.2CO.Cr/c1-7-5-3-2-4-6-7;1-2-4-5-3-1;2*1-2;/h2-6H;1-5H;;;/q;-1;;;. The SMILES string of the molecule is [C-]#[O+].[C-]#[O+].[Cr]#[C]c1ccccc1.c1cc[cH-]c1. The second-order valence-corrected chi connectivity index (χ2v) is 2.75. The monoisotopic (exact) mass is 262 g/mol. The Morgan fingerprint density at radius 2 is 1.35 bits per heavy atom. The van der Waals surface area contributed by atoms with Gasteiger partial charge in [0, 0.05) is 0 Å². The average molecular weight is 262 g/mol. The summed E-state index contributed by atoms with van der Waals surface area (Å²) in [5.74, 6) is 0. The number of benzene rings is 1. The summed E-state index contributed by atoms with van der Waals surface area (Å²) >= 11 is 2.71. The van der Waals surface area contributed by atoms with Crippen LogP contribution in [0.1, 0.15) is 5.56 Å². The third kappa shape index (κ3) is 12.3. The molecule has 2 nitrogen and oxygen atoms in total. The van der Waals surface area contributed by atoms with E-state index in [1.165, 1.54) is 0 Å². The molecule has 0 aliphatic rings. The van der Waals surface area contributed by atoms with Gasteiger partial charge in [-0.15, -0.1) is 0 Å². The molecule has 0 aromatic heterocycles. The van der Waals surface area contributed by atoms with E-state index in [-0.39, 0.29) is 0 Å². The zero-order valence-corrected chi connectivity index (χ0v) is 10.3. The summed E-state index contributed by atoms with van der Waals surface area (Å²) in [4.78, 5) is 0. The van der Waals surface area contributed by atoms with Gasteiger partial charge in [0.05, 0.1) is 0 Å². The van der Waals surface area contributed by atoms with Crippen molar-refractivity contribution in [1.29, 1.82) is 0 Å². The van der Waals surface area contributed by atoms with E-state index in [1.54, 1.807) is 0 Å². The molecule has 0 aliphatic heterocycles. The van der Waals surface area contributed by atoms with Gasteiger partial charge in [-0.2, -0.15) is 18.2 Å². The molecular weight excluding hydrogens is 252 g/mol. The molecule has 0 atom stereocenters. The van der Waals surface area contributed by atoms with Crippen molar-refractivity contribution in [2.45, 2.75) is 0 Å². The van der Waals surface area contributed by atoms with Crippen molar-refractivity contribution in [1.82, 2.24) is 0 Å². The molecule has 0 aliphatic carbocycles. The van der Waals surface area contributed by atoms with Gasteiger partial charge in [-0.05, 0) is 0 Å². The molecule has 0 saturated heterocycles. The maximum Gasteiger partial charge on any atom is -0.172 e. The van der Waals surface area contributed by atoms with Gasteiger partial charge in [-0.1, -0.05) is 0 Å². The Balaban J connectivity index is 0. The molecule has 0 radical (unpaired) electrons. The molecule has 85 valence electrons. The van der Waals surface area contributed by atoms with Crippen LogP contribution in [0.25, 0.3) is 0 Å². The second kappa shape index (κ2) is 16.8. The first-order chi connectivity index (χ1) is 8.43. The molecule has 0 amide bonds. The van der Waals surface area contributed by atoms with Crippen molar-refractivity contribution in [2.24, 2.45) is 0 Å². The fourth-order valence-corrected chi connectivity index (χ4v) is 1.04. The predicted octanol–water partition coefficient (Wildman–Crippen LogP) is 2.87. The topological polar surface area (TPSA) is 39.8 Å². The van der Waals surface area contributed by atoms with Crippen LogP contribution in [-0.2, 0) is 25.0 Å². The molecular formula is C14H10CrO2-. The molecule has 0 unspecified atom stereocenters. The molecule has 3 heteroatoms. The molecule has 0 saturated carbocycles. The van der Waals surface area contributed by atoms with Crippen molar-refractivity contribution < 1.29 is 25.0 Å². The summed E-state index contributed by atoms with van der Waals surface area (Å²) in [7, 11) is 0. The predicted molar refractivity (Wildman–Crippen MR) is 59.3 cm³/mol. The van der Waals surface area contributed by atoms with Crippen molar-refractivity contribution in [3.05, 3.63) is 79.5 Å². The fraction of sp³-hybridized carbons (Fsp3) is 0. The normalized spacial score (nSPS) is 6.29. The molecule has 0 heterocycles. The van der Waals surface area contributed by atoms with Crippen LogP contribution >= 0.6 is 0 Å². The van der Waals surface area contributed by atoms with E-state index in [4.69, 9.17) is 9.30 Å². The van der Waals surface area contributed by atoms with Crippen LogP contribution in [-0.4, -0.2) is 0 Å². The van der Waals surface area contributed by atoms with E-state index < -0.39 is 0 Å². The van der Waals surface area contributed by atoms with Crippen molar-refractivity contribution in [3.8, 4) is 4.69 Å². The van der Waals surface area contributed by atoms with Gasteiger partial charge in [0.25, 0.3) is 0 Å². The van der Waals surface area contributed by atoms with Crippen LogP contribution in [0, 0.1) is 18.0 Å².